The third kappa shape index (κ3) is 4.93. The minimum atomic E-state index is -0.349. The molecule has 2 aromatic carbocycles. The molecule has 7 heteroatoms. The number of amides is 2. The van der Waals surface area contributed by atoms with Crippen molar-refractivity contribution >= 4 is 40.0 Å². The molecule has 0 bridgehead atoms. The summed E-state index contributed by atoms with van der Waals surface area (Å²) in [5.41, 5.74) is 8.66. The summed E-state index contributed by atoms with van der Waals surface area (Å²) in [5, 5.41) is 5.21. The number of nitrogens with one attached hydrogen (secondary N) is 1. The van der Waals surface area contributed by atoms with Gasteiger partial charge >= 0.3 is 0 Å². The number of nitrogens with zero attached hydrogens (tertiary/aromatic N) is 1. The third-order valence-corrected chi connectivity index (χ3v) is 5.32. The number of rotatable bonds is 7. The van der Waals surface area contributed by atoms with Gasteiger partial charge in [0.15, 0.2) is 5.13 Å². The number of primary amides is 1. The molecule has 5 nitrogen and oxygen atoms in total. The first-order chi connectivity index (χ1) is 12.6. The van der Waals surface area contributed by atoms with Crippen molar-refractivity contribution < 1.29 is 9.59 Å². The maximum absolute atomic E-state index is 12.4. The number of aromatic nitrogens is 1. The molecule has 3 aromatic rings. The minimum Gasteiger partial charge on any atom is -0.369 e. The topological polar surface area (TPSA) is 85.1 Å². The Hall–Kier alpha value is -2.64. The quantitative estimate of drug-likeness (QED) is 0.650. The van der Waals surface area contributed by atoms with Gasteiger partial charge in [-0.1, -0.05) is 42.5 Å². The second-order valence-corrected chi connectivity index (χ2v) is 7.34. The molecule has 2 amide bonds. The normalized spacial score (nSPS) is 10.5. The van der Waals surface area contributed by atoms with E-state index in [4.69, 9.17) is 5.73 Å². The molecule has 1 heterocycles. The van der Waals surface area contributed by atoms with Gasteiger partial charge in [-0.3, -0.25) is 14.9 Å². The molecule has 0 saturated heterocycles. The molecule has 0 radical (unpaired) electrons. The fraction of sp³-hybridized carbons (Fsp3) is 0.105. The molecule has 0 unspecified atom stereocenters. The molecule has 0 aliphatic heterocycles. The Morgan fingerprint density at radius 1 is 1.04 bits per heavy atom. The average molecular weight is 383 g/mol. The number of carbonyl (C=O) groups is 2. The molecule has 1 aromatic heterocycles. The van der Waals surface area contributed by atoms with Crippen LogP contribution in [0.25, 0.3) is 11.1 Å². The number of thioether (sulfide) groups is 1. The summed E-state index contributed by atoms with van der Waals surface area (Å²) in [7, 11) is 0. The molecular formula is C19H17N3O2S2. The molecule has 0 aliphatic carbocycles. The number of hydrogen-bond acceptors (Lipinski definition) is 5. The maximum atomic E-state index is 12.4. The lowest BCUT2D eigenvalue weighted by atomic mass is 10.0. The van der Waals surface area contributed by atoms with Crippen LogP contribution < -0.4 is 11.1 Å². The first-order valence-electron chi connectivity index (χ1n) is 7.89. The number of thiazole rings is 1. The number of anilines is 1. The first-order valence-corrected chi connectivity index (χ1v) is 9.92. The van der Waals surface area contributed by atoms with Crippen molar-refractivity contribution in [2.24, 2.45) is 5.73 Å². The van der Waals surface area contributed by atoms with Crippen LogP contribution in [-0.4, -0.2) is 22.6 Å². The van der Waals surface area contributed by atoms with E-state index in [1.165, 1.54) is 23.1 Å². The van der Waals surface area contributed by atoms with Crippen LogP contribution in [0.5, 0.6) is 0 Å². The zero-order valence-corrected chi connectivity index (χ0v) is 15.5. The van der Waals surface area contributed by atoms with Gasteiger partial charge in [-0.2, -0.15) is 0 Å². The zero-order valence-electron chi connectivity index (χ0n) is 13.8. The van der Waals surface area contributed by atoms with E-state index in [2.05, 4.69) is 10.3 Å². The predicted octanol–water partition coefficient (Wildman–Crippen LogP) is 3.78. The smallest absolute Gasteiger partial charge is 0.257 e. The van der Waals surface area contributed by atoms with Crippen LogP contribution in [0.4, 0.5) is 5.13 Å². The monoisotopic (exact) mass is 383 g/mol. The highest BCUT2D eigenvalue weighted by Gasteiger charge is 2.10. The fourth-order valence-electron chi connectivity index (χ4n) is 2.30. The third-order valence-electron chi connectivity index (χ3n) is 3.52. The summed E-state index contributed by atoms with van der Waals surface area (Å²) in [5.74, 6) is 0.293. The van der Waals surface area contributed by atoms with Gasteiger partial charge in [-0.15, -0.1) is 23.1 Å². The summed E-state index contributed by atoms with van der Waals surface area (Å²) >= 11 is 2.76. The van der Waals surface area contributed by atoms with E-state index in [1.54, 1.807) is 12.1 Å². The summed E-state index contributed by atoms with van der Waals surface area (Å²) in [6.07, 6.45) is 0. The van der Waals surface area contributed by atoms with Crippen molar-refractivity contribution in [2.75, 3.05) is 11.1 Å². The average Bonchev–Trinajstić information content (AvgIpc) is 3.09. The van der Waals surface area contributed by atoms with E-state index < -0.39 is 0 Å². The molecule has 0 spiro atoms. The van der Waals surface area contributed by atoms with Crippen LogP contribution in [-0.2, 0) is 10.5 Å². The number of carbonyl (C=O) groups excluding carboxylic acids is 2. The Morgan fingerprint density at radius 3 is 2.42 bits per heavy atom. The van der Waals surface area contributed by atoms with E-state index in [-0.39, 0.29) is 17.6 Å². The SMILES string of the molecule is NC(=O)CSCc1csc(NC(=O)c2ccc(-c3ccccc3)cc2)n1. The van der Waals surface area contributed by atoms with Gasteiger partial charge in [0.05, 0.1) is 11.4 Å². The van der Waals surface area contributed by atoms with Crippen molar-refractivity contribution in [1.29, 1.82) is 0 Å². The molecule has 0 fully saturated rings. The van der Waals surface area contributed by atoms with Crippen molar-refractivity contribution in [2.45, 2.75) is 5.75 Å². The lowest BCUT2D eigenvalue weighted by molar-refractivity contribution is -0.115. The van der Waals surface area contributed by atoms with Crippen molar-refractivity contribution in [3.8, 4) is 11.1 Å². The molecular weight excluding hydrogens is 366 g/mol. The van der Waals surface area contributed by atoms with Gasteiger partial charge in [0.25, 0.3) is 5.91 Å². The maximum Gasteiger partial charge on any atom is 0.257 e. The summed E-state index contributed by atoms with van der Waals surface area (Å²) in [4.78, 5) is 27.5. The van der Waals surface area contributed by atoms with Crippen LogP contribution in [0.2, 0.25) is 0 Å². The van der Waals surface area contributed by atoms with Crippen molar-refractivity contribution in [3.05, 3.63) is 71.2 Å². The van der Waals surface area contributed by atoms with Gasteiger partial charge in [0.2, 0.25) is 5.91 Å². The van der Waals surface area contributed by atoms with Gasteiger partial charge in [-0.05, 0) is 23.3 Å². The van der Waals surface area contributed by atoms with Crippen molar-refractivity contribution in [3.63, 3.8) is 0 Å². The number of benzene rings is 2. The highest BCUT2D eigenvalue weighted by Crippen LogP contribution is 2.22. The van der Waals surface area contributed by atoms with Crippen LogP contribution in [0.1, 0.15) is 16.1 Å². The van der Waals surface area contributed by atoms with Gasteiger partial charge < -0.3 is 5.73 Å². The molecule has 0 saturated carbocycles. The van der Waals surface area contributed by atoms with Crippen LogP contribution in [0.3, 0.4) is 0 Å². The Balaban J connectivity index is 1.60. The summed E-state index contributed by atoms with van der Waals surface area (Å²) < 4.78 is 0. The first kappa shape index (κ1) is 18.2. The predicted molar refractivity (Wildman–Crippen MR) is 107 cm³/mol. The molecule has 132 valence electrons. The molecule has 3 rings (SSSR count). The Bertz CT molecular complexity index is 893. The fourth-order valence-corrected chi connectivity index (χ4v) is 3.77. The Kier molecular flexibility index (Phi) is 6.04. The lowest BCUT2D eigenvalue weighted by Crippen LogP contribution is -2.13. The van der Waals surface area contributed by atoms with Gasteiger partial charge in [0, 0.05) is 16.7 Å². The molecule has 3 N–H and O–H groups in total. The highest BCUT2D eigenvalue weighted by molar-refractivity contribution is 7.99. The Labute approximate surface area is 159 Å². The van der Waals surface area contributed by atoms with Crippen LogP contribution >= 0.6 is 23.1 Å². The van der Waals surface area contributed by atoms with E-state index in [0.717, 1.165) is 16.8 Å². The van der Waals surface area contributed by atoms with E-state index in [0.29, 0.717) is 16.4 Å². The van der Waals surface area contributed by atoms with Crippen LogP contribution in [0, 0.1) is 0 Å². The van der Waals surface area contributed by atoms with Gasteiger partial charge in [0.1, 0.15) is 0 Å². The van der Waals surface area contributed by atoms with Gasteiger partial charge in [-0.25, -0.2) is 4.98 Å². The molecule has 0 atom stereocenters. The number of nitrogens with two attached hydrogens (primary N) is 1. The second kappa shape index (κ2) is 8.64. The lowest BCUT2D eigenvalue weighted by Gasteiger charge is -2.04. The second-order valence-electron chi connectivity index (χ2n) is 5.50. The summed E-state index contributed by atoms with van der Waals surface area (Å²) in [6, 6.07) is 17.5. The van der Waals surface area contributed by atoms with Crippen molar-refractivity contribution in [1.82, 2.24) is 4.98 Å². The highest BCUT2D eigenvalue weighted by atomic mass is 32.2. The standard InChI is InChI=1S/C19H17N3O2S2/c20-17(23)12-25-10-16-11-26-19(21-16)22-18(24)15-8-6-14(7-9-15)13-4-2-1-3-5-13/h1-9,11H,10,12H2,(H2,20,23)(H,21,22,24). The molecule has 0 aliphatic rings. The summed E-state index contributed by atoms with van der Waals surface area (Å²) in [6.45, 7) is 0. The molecule has 26 heavy (non-hydrogen) atoms. The Morgan fingerprint density at radius 2 is 1.73 bits per heavy atom. The largest absolute Gasteiger partial charge is 0.369 e. The minimum absolute atomic E-state index is 0.199. The number of hydrogen-bond donors (Lipinski definition) is 2. The van der Waals surface area contributed by atoms with E-state index >= 15 is 0 Å². The van der Waals surface area contributed by atoms with E-state index in [9.17, 15) is 9.59 Å². The zero-order chi connectivity index (χ0) is 18.4. The van der Waals surface area contributed by atoms with E-state index in [1.807, 2.05) is 47.8 Å². The van der Waals surface area contributed by atoms with Crippen LogP contribution in [0.15, 0.2) is 60.0 Å².